The van der Waals surface area contributed by atoms with Gasteiger partial charge in [0.25, 0.3) is 0 Å². The first-order valence-electron chi connectivity index (χ1n) is 9.21. The lowest BCUT2D eigenvalue weighted by molar-refractivity contribution is -0.119. The number of thiophene rings is 1. The van der Waals surface area contributed by atoms with Gasteiger partial charge in [0, 0.05) is 25.9 Å². The number of fused-ring (bicyclic) bond motifs is 3. The number of carboxylic acid groups (broad SMARTS) is 1. The van der Waals surface area contributed by atoms with E-state index in [0.29, 0.717) is 17.9 Å². The first-order chi connectivity index (χ1) is 14.1. The topological polar surface area (TPSA) is 66.4 Å². The molecular formula is C23H19NO3S2. The molecule has 6 heteroatoms. The molecule has 0 saturated heterocycles. The van der Waals surface area contributed by atoms with Crippen molar-refractivity contribution in [3.05, 3.63) is 77.9 Å². The van der Waals surface area contributed by atoms with Gasteiger partial charge in [-0.1, -0.05) is 36.4 Å². The van der Waals surface area contributed by atoms with E-state index in [1.807, 2.05) is 18.2 Å². The lowest BCUT2D eigenvalue weighted by atomic mass is 9.98. The molecule has 1 heterocycles. The van der Waals surface area contributed by atoms with Crippen LogP contribution in [0.2, 0.25) is 0 Å². The van der Waals surface area contributed by atoms with Crippen LogP contribution in [0.5, 0.6) is 0 Å². The number of benzene rings is 3. The van der Waals surface area contributed by atoms with Crippen LogP contribution >= 0.6 is 24.0 Å². The molecule has 1 amide bonds. The molecule has 3 aromatic carbocycles. The van der Waals surface area contributed by atoms with Gasteiger partial charge in [-0.25, -0.2) is 4.79 Å². The maximum atomic E-state index is 12.8. The summed E-state index contributed by atoms with van der Waals surface area (Å²) in [5.41, 5.74) is 1.43. The lowest BCUT2D eigenvalue weighted by Crippen LogP contribution is -2.27. The van der Waals surface area contributed by atoms with Gasteiger partial charge in [-0.05, 0) is 42.3 Å². The Bertz CT molecular complexity index is 1220. The van der Waals surface area contributed by atoms with E-state index in [1.165, 1.54) is 26.2 Å². The summed E-state index contributed by atoms with van der Waals surface area (Å²) in [7, 11) is 0. The summed E-state index contributed by atoms with van der Waals surface area (Å²) in [6, 6.07) is 21.0. The number of carbonyl (C=O) groups excluding carboxylic acids is 1. The minimum Gasteiger partial charge on any atom is -0.478 e. The first kappa shape index (κ1) is 19.5. The summed E-state index contributed by atoms with van der Waals surface area (Å²) in [4.78, 5) is 24.2. The molecule has 0 radical (unpaired) electrons. The van der Waals surface area contributed by atoms with Gasteiger partial charge in [-0.15, -0.1) is 11.3 Å². The predicted molar refractivity (Wildman–Crippen MR) is 122 cm³/mol. The molecule has 1 aromatic heterocycles. The fourth-order valence-electron chi connectivity index (χ4n) is 3.44. The van der Waals surface area contributed by atoms with Crippen LogP contribution in [0.1, 0.15) is 15.9 Å². The van der Waals surface area contributed by atoms with Crippen LogP contribution in [0.15, 0.2) is 66.7 Å². The molecule has 0 aliphatic carbocycles. The predicted octanol–water partition coefficient (Wildman–Crippen LogP) is 5.48. The van der Waals surface area contributed by atoms with Crippen LogP contribution in [0.3, 0.4) is 0 Å². The standard InChI is InChI=1S/C23H19NO3S2/c25-22(24-19-7-3-1-6-17(19)23(26)27)15(13-28)11-14-9-10-21-18(12-14)16-5-2-4-8-20(16)29-21/h1-10,12,15,28H,11,13H2,(H,24,25)(H,26,27). The van der Waals surface area contributed by atoms with Crippen LogP contribution in [0.25, 0.3) is 20.2 Å². The second-order valence-electron chi connectivity index (χ2n) is 6.85. The quantitative estimate of drug-likeness (QED) is 0.361. The van der Waals surface area contributed by atoms with Crippen LogP contribution in [-0.2, 0) is 11.2 Å². The molecule has 1 atom stereocenters. The Balaban J connectivity index is 1.58. The van der Waals surface area contributed by atoms with Crippen molar-refractivity contribution in [3.8, 4) is 0 Å². The highest BCUT2D eigenvalue weighted by Crippen LogP contribution is 2.34. The largest absolute Gasteiger partial charge is 0.478 e. The highest BCUT2D eigenvalue weighted by atomic mass is 32.1. The third-order valence-electron chi connectivity index (χ3n) is 4.93. The fourth-order valence-corrected chi connectivity index (χ4v) is 4.82. The van der Waals surface area contributed by atoms with E-state index < -0.39 is 5.97 Å². The van der Waals surface area contributed by atoms with Crippen LogP contribution in [0.4, 0.5) is 5.69 Å². The van der Waals surface area contributed by atoms with Gasteiger partial charge >= 0.3 is 5.97 Å². The zero-order valence-corrected chi connectivity index (χ0v) is 17.2. The van der Waals surface area contributed by atoms with Crippen molar-refractivity contribution in [1.82, 2.24) is 0 Å². The summed E-state index contributed by atoms with van der Waals surface area (Å²) in [5.74, 6) is -1.31. The summed E-state index contributed by atoms with van der Waals surface area (Å²) >= 11 is 6.12. The second kappa shape index (κ2) is 8.27. The van der Waals surface area contributed by atoms with E-state index in [-0.39, 0.29) is 17.4 Å². The molecule has 0 aliphatic heterocycles. The Labute approximate surface area is 177 Å². The molecule has 4 nitrogen and oxygen atoms in total. The molecule has 0 fully saturated rings. The fraction of sp³-hybridized carbons (Fsp3) is 0.130. The molecule has 0 saturated carbocycles. The number of nitrogens with one attached hydrogen (secondary N) is 1. The number of amides is 1. The Kier molecular flexibility index (Phi) is 5.56. The molecule has 2 N–H and O–H groups in total. The molecule has 0 spiro atoms. The summed E-state index contributed by atoms with van der Waals surface area (Å²) in [6.07, 6.45) is 0.532. The molecule has 146 valence electrons. The summed E-state index contributed by atoms with van der Waals surface area (Å²) in [5, 5.41) is 14.5. The Morgan fingerprint density at radius 2 is 1.69 bits per heavy atom. The van der Waals surface area contributed by atoms with Crippen LogP contribution in [-0.4, -0.2) is 22.7 Å². The van der Waals surface area contributed by atoms with E-state index in [0.717, 1.165) is 5.56 Å². The number of hydrogen-bond acceptors (Lipinski definition) is 4. The normalized spacial score (nSPS) is 12.2. The monoisotopic (exact) mass is 421 g/mol. The smallest absolute Gasteiger partial charge is 0.337 e. The van der Waals surface area contributed by atoms with Crippen molar-refractivity contribution in [2.45, 2.75) is 6.42 Å². The zero-order chi connectivity index (χ0) is 20.4. The third-order valence-corrected chi connectivity index (χ3v) is 6.52. The maximum absolute atomic E-state index is 12.8. The van der Waals surface area contributed by atoms with E-state index in [9.17, 15) is 14.7 Å². The third kappa shape index (κ3) is 3.99. The van der Waals surface area contributed by atoms with Crippen molar-refractivity contribution < 1.29 is 14.7 Å². The number of para-hydroxylation sites is 1. The van der Waals surface area contributed by atoms with Crippen molar-refractivity contribution in [2.24, 2.45) is 5.92 Å². The highest BCUT2D eigenvalue weighted by Gasteiger charge is 2.20. The van der Waals surface area contributed by atoms with E-state index >= 15 is 0 Å². The Morgan fingerprint density at radius 3 is 2.48 bits per heavy atom. The summed E-state index contributed by atoms with van der Waals surface area (Å²) < 4.78 is 2.46. The van der Waals surface area contributed by atoms with Crippen molar-refractivity contribution >= 4 is 61.7 Å². The summed E-state index contributed by atoms with van der Waals surface area (Å²) in [6.45, 7) is 0. The van der Waals surface area contributed by atoms with Crippen molar-refractivity contribution in [3.63, 3.8) is 0 Å². The Morgan fingerprint density at radius 1 is 0.966 bits per heavy atom. The van der Waals surface area contributed by atoms with E-state index in [4.69, 9.17) is 0 Å². The number of carbonyl (C=O) groups is 2. The number of hydrogen-bond donors (Lipinski definition) is 3. The van der Waals surface area contributed by atoms with Crippen molar-refractivity contribution in [1.29, 1.82) is 0 Å². The molecule has 0 bridgehead atoms. The van der Waals surface area contributed by atoms with Crippen molar-refractivity contribution in [2.75, 3.05) is 11.1 Å². The number of aromatic carboxylic acids is 1. The number of rotatable bonds is 6. The number of thiol groups is 1. The van der Waals surface area contributed by atoms with E-state index in [2.05, 4.69) is 42.2 Å². The van der Waals surface area contributed by atoms with Gasteiger partial charge in [-0.2, -0.15) is 12.6 Å². The molecule has 4 aromatic rings. The molecule has 29 heavy (non-hydrogen) atoms. The number of carboxylic acids is 1. The van der Waals surface area contributed by atoms with Gasteiger partial charge in [-0.3, -0.25) is 4.79 Å². The van der Waals surface area contributed by atoms with Crippen LogP contribution < -0.4 is 5.32 Å². The van der Waals surface area contributed by atoms with Gasteiger partial charge in [0.1, 0.15) is 0 Å². The molecule has 4 rings (SSSR count). The average molecular weight is 422 g/mol. The zero-order valence-electron chi connectivity index (χ0n) is 15.5. The van der Waals surface area contributed by atoms with Gasteiger partial charge < -0.3 is 10.4 Å². The molecular weight excluding hydrogens is 402 g/mol. The SMILES string of the molecule is O=C(O)c1ccccc1NC(=O)C(CS)Cc1ccc2sc3ccccc3c2c1. The first-order valence-corrected chi connectivity index (χ1v) is 10.7. The highest BCUT2D eigenvalue weighted by molar-refractivity contribution is 7.80. The molecule has 0 aliphatic rings. The maximum Gasteiger partial charge on any atom is 0.337 e. The minimum absolute atomic E-state index is 0.0740. The van der Waals surface area contributed by atoms with Gasteiger partial charge in [0.2, 0.25) is 5.91 Å². The Hall–Kier alpha value is -2.83. The van der Waals surface area contributed by atoms with Gasteiger partial charge in [0.05, 0.1) is 17.2 Å². The lowest BCUT2D eigenvalue weighted by Gasteiger charge is -2.16. The van der Waals surface area contributed by atoms with Gasteiger partial charge in [0.15, 0.2) is 0 Å². The molecule has 1 unspecified atom stereocenters. The van der Waals surface area contributed by atoms with Crippen LogP contribution in [0, 0.1) is 5.92 Å². The van der Waals surface area contributed by atoms with E-state index in [1.54, 1.807) is 29.5 Å². The second-order valence-corrected chi connectivity index (χ2v) is 8.30. The minimum atomic E-state index is -1.07. The number of anilines is 1. The average Bonchev–Trinajstić information content (AvgIpc) is 3.10.